The van der Waals surface area contributed by atoms with Crippen LogP contribution in [0.25, 0.3) is 0 Å². The highest BCUT2D eigenvalue weighted by molar-refractivity contribution is 5.78. The van der Waals surface area contributed by atoms with Gasteiger partial charge in [-0.25, -0.2) is 0 Å². The number of piperidine rings is 1. The summed E-state index contributed by atoms with van der Waals surface area (Å²) in [6.45, 7) is 5.21. The molecule has 24 heavy (non-hydrogen) atoms. The van der Waals surface area contributed by atoms with Crippen LogP contribution in [-0.2, 0) is 11.2 Å². The first-order chi connectivity index (χ1) is 11.6. The zero-order valence-electron chi connectivity index (χ0n) is 14.9. The molecule has 1 aromatic rings. The average molecular weight is 334 g/mol. The van der Waals surface area contributed by atoms with Crippen LogP contribution < -0.4 is 10.1 Å². The molecular weight excluding hydrogens is 304 g/mol. The molecule has 1 amide bonds. The number of nitrogens with zero attached hydrogens (tertiary/aromatic N) is 1. The Morgan fingerprint density at radius 1 is 1.33 bits per heavy atom. The van der Waals surface area contributed by atoms with Crippen LogP contribution >= 0.6 is 0 Å². The first kappa shape index (κ1) is 18.7. The van der Waals surface area contributed by atoms with Crippen molar-refractivity contribution in [3.63, 3.8) is 0 Å². The Kier molecular flexibility index (Phi) is 7.06. The third-order valence-electron chi connectivity index (χ3n) is 5.28. The van der Waals surface area contributed by atoms with Gasteiger partial charge in [0.25, 0.3) is 0 Å². The van der Waals surface area contributed by atoms with Crippen LogP contribution in [0.4, 0.5) is 0 Å². The van der Waals surface area contributed by atoms with E-state index in [1.54, 1.807) is 7.11 Å². The third kappa shape index (κ3) is 4.95. The minimum Gasteiger partial charge on any atom is -0.496 e. The van der Waals surface area contributed by atoms with Crippen LogP contribution in [0.2, 0.25) is 0 Å². The molecule has 0 aromatic heterocycles. The van der Waals surface area contributed by atoms with E-state index in [4.69, 9.17) is 4.74 Å². The summed E-state index contributed by atoms with van der Waals surface area (Å²) >= 11 is 0. The lowest BCUT2D eigenvalue weighted by Gasteiger charge is -2.39. The molecule has 0 bridgehead atoms. The Labute approximate surface area is 145 Å². The molecule has 0 aliphatic carbocycles. The zero-order valence-corrected chi connectivity index (χ0v) is 14.9. The normalized spacial score (nSPS) is 17.5. The highest BCUT2D eigenvalue weighted by atomic mass is 16.5. The lowest BCUT2D eigenvalue weighted by Crippen LogP contribution is -2.46. The van der Waals surface area contributed by atoms with Gasteiger partial charge in [0.1, 0.15) is 5.75 Å². The summed E-state index contributed by atoms with van der Waals surface area (Å²) in [4.78, 5) is 14.3. The monoisotopic (exact) mass is 334 g/mol. The molecule has 5 heteroatoms. The molecule has 1 aromatic carbocycles. The standard InChI is InChI=1S/C19H30N2O3/c1-3-19(15-22)9-12-21(13-10-19)14-18(23)20-11-8-16-6-4-5-7-17(16)24-2/h4-7,22H,3,8-15H2,1-2H3,(H,20,23). The van der Waals surface area contributed by atoms with E-state index in [1.807, 2.05) is 24.3 Å². The van der Waals surface area contributed by atoms with Crippen molar-refractivity contribution >= 4 is 5.91 Å². The molecule has 0 saturated carbocycles. The second-order valence-electron chi connectivity index (χ2n) is 6.70. The lowest BCUT2D eigenvalue weighted by atomic mass is 9.77. The largest absolute Gasteiger partial charge is 0.496 e. The first-order valence-corrected chi connectivity index (χ1v) is 8.84. The highest BCUT2D eigenvalue weighted by Crippen LogP contribution is 2.33. The van der Waals surface area contributed by atoms with Gasteiger partial charge >= 0.3 is 0 Å². The van der Waals surface area contributed by atoms with Crippen LogP contribution in [0, 0.1) is 5.41 Å². The molecule has 0 atom stereocenters. The number of hydrogen-bond donors (Lipinski definition) is 2. The van der Waals surface area contributed by atoms with Crippen molar-refractivity contribution in [3.05, 3.63) is 29.8 Å². The second-order valence-corrected chi connectivity index (χ2v) is 6.70. The summed E-state index contributed by atoms with van der Waals surface area (Å²) in [7, 11) is 1.66. The van der Waals surface area contributed by atoms with Crippen molar-refractivity contribution < 1.29 is 14.6 Å². The van der Waals surface area contributed by atoms with E-state index in [0.29, 0.717) is 13.1 Å². The van der Waals surface area contributed by atoms with Crippen molar-refractivity contribution in [1.29, 1.82) is 0 Å². The minimum absolute atomic E-state index is 0.0663. The molecular formula is C19H30N2O3. The van der Waals surface area contributed by atoms with E-state index < -0.39 is 0 Å². The van der Waals surface area contributed by atoms with Crippen LogP contribution in [-0.4, -0.2) is 55.8 Å². The van der Waals surface area contributed by atoms with E-state index in [1.165, 1.54) is 0 Å². The number of carbonyl (C=O) groups is 1. The number of rotatable bonds is 8. The van der Waals surface area contributed by atoms with Crippen molar-refractivity contribution in [2.24, 2.45) is 5.41 Å². The number of amides is 1. The van der Waals surface area contributed by atoms with Gasteiger partial charge in [0.05, 0.1) is 13.7 Å². The predicted molar refractivity (Wildman–Crippen MR) is 95.2 cm³/mol. The number of benzene rings is 1. The van der Waals surface area contributed by atoms with E-state index in [-0.39, 0.29) is 17.9 Å². The van der Waals surface area contributed by atoms with E-state index in [0.717, 1.165) is 50.1 Å². The van der Waals surface area contributed by atoms with Crippen LogP contribution in [0.3, 0.4) is 0 Å². The highest BCUT2D eigenvalue weighted by Gasteiger charge is 2.32. The predicted octanol–water partition coefficient (Wildman–Crippen LogP) is 1.84. The van der Waals surface area contributed by atoms with Gasteiger partial charge in [-0.3, -0.25) is 9.69 Å². The van der Waals surface area contributed by atoms with Gasteiger partial charge in [0.15, 0.2) is 0 Å². The summed E-state index contributed by atoms with van der Waals surface area (Å²) in [6, 6.07) is 7.88. The molecule has 2 rings (SSSR count). The topological polar surface area (TPSA) is 61.8 Å². The SMILES string of the molecule is CCC1(CO)CCN(CC(=O)NCCc2ccccc2OC)CC1. The van der Waals surface area contributed by atoms with E-state index in [9.17, 15) is 9.90 Å². The van der Waals surface area contributed by atoms with Crippen LogP contribution in [0.15, 0.2) is 24.3 Å². The van der Waals surface area contributed by atoms with Crippen molar-refractivity contribution in [3.8, 4) is 5.75 Å². The summed E-state index contributed by atoms with van der Waals surface area (Å²) in [5.74, 6) is 0.931. The Bertz CT molecular complexity index is 519. The number of hydrogen-bond acceptors (Lipinski definition) is 4. The maximum Gasteiger partial charge on any atom is 0.234 e. The number of nitrogens with one attached hydrogen (secondary N) is 1. The van der Waals surface area contributed by atoms with Crippen molar-refractivity contribution in [1.82, 2.24) is 10.2 Å². The molecule has 0 radical (unpaired) electrons. The summed E-state index contributed by atoms with van der Waals surface area (Å²) in [5.41, 5.74) is 1.17. The first-order valence-electron chi connectivity index (χ1n) is 8.84. The van der Waals surface area contributed by atoms with Gasteiger partial charge in [-0.1, -0.05) is 25.1 Å². The van der Waals surface area contributed by atoms with Crippen molar-refractivity contribution in [2.75, 3.05) is 39.9 Å². The average Bonchev–Trinajstić information content (AvgIpc) is 2.63. The van der Waals surface area contributed by atoms with Crippen LogP contribution in [0.5, 0.6) is 5.75 Å². The molecule has 1 fully saturated rings. The lowest BCUT2D eigenvalue weighted by molar-refractivity contribution is -0.122. The molecule has 0 unspecified atom stereocenters. The molecule has 0 spiro atoms. The number of carbonyl (C=O) groups excluding carboxylic acids is 1. The van der Waals surface area contributed by atoms with Gasteiger partial charge in [0, 0.05) is 13.2 Å². The molecule has 1 heterocycles. The van der Waals surface area contributed by atoms with Crippen molar-refractivity contribution in [2.45, 2.75) is 32.6 Å². The maximum absolute atomic E-state index is 12.1. The third-order valence-corrected chi connectivity index (χ3v) is 5.28. The molecule has 1 saturated heterocycles. The fourth-order valence-electron chi connectivity index (χ4n) is 3.31. The molecule has 5 nitrogen and oxygen atoms in total. The maximum atomic E-state index is 12.1. The van der Waals surface area contributed by atoms with Gasteiger partial charge < -0.3 is 15.2 Å². The number of likely N-dealkylation sites (tertiary alicyclic amines) is 1. The summed E-state index contributed by atoms with van der Waals surface area (Å²) < 4.78 is 5.32. The Hall–Kier alpha value is -1.59. The summed E-state index contributed by atoms with van der Waals surface area (Å²) in [6.07, 6.45) is 3.70. The number of aliphatic hydroxyl groups is 1. The second kappa shape index (κ2) is 9.04. The zero-order chi connectivity index (χ0) is 17.4. The minimum atomic E-state index is 0.0663. The number of methoxy groups -OCH3 is 1. The van der Waals surface area contributed by atoms with Gasteiger partial charge in [-0.05, 0) is 55.8 Å². The Balaban J connectivity index is 1.71. The Morgan fingerprint density at radius 3 is 2.67 bits per heavy atom. The quantitative estimate of drug-likeness (QED) is 0.761. The number of para-hydroxylation sites is 1. The molecule has 2 N–H and O–H groups in total. The van der Waals surface area contributed by atoms with Gasteiger partial charge in [-0.2, -0.15) is 0 Å². The van der Waals surface area contributed by atoms with E-state index >= 15 is 0 Å². The Morgan fingerprint density at radius 2 is 2.04 bits per heavy atom. The number of aliphatic hydroxyl groups excluding tert-OH is 1. The van der Waals surface area contributed by atoms with Gasteiger partial charge in [-0.15, -0.1) is 0 Å². The van der Waals surface area contributed by atoms with E-state index in [2.05, 4.69) is 17.1 Å². The van der Waals surface area contributed by atoms with Gasteiger partial charge in [0.2, 0.25) is 5.91 Å². The fraction of sp³-hybridized carbons (Fsp3) is 0.632. The molecule has 134 valence electrons. The summed E-state index contributed by atoms with van der Waals surface area (Å²) in [5, 5.41) is 12.6. The number of ether oxygens (including phenoxy) is 1. The smallest absolute Gasteiger partial charge is 0.234 e. The molecule has 1 aliphatic heterocycles. The molecule has 1 aliphatic rings. The fourth-order valence-corrected chi connectivity index (χ4v) is 3.31. The van der Waals surface area contributed by atoms with Crippen LogP contribution in [0.1, 0.15) is 31.7 Å².